The van der Waals surface area contributed by atoms with Gasteiger partial charge in [0.2, 0.25) is 0 Å². The van der Waals surface area contributed by atoms with Gasteiger partial charge in [-0.25, -0.2) is 14.8 Å². The molecule has 0 aliphatic heterocycles. The van der Waals surface area contributed by atoms with Crippen LogP contribution < -0.4 is 4.90 Å². The fourth-order valence-electron chi connectivity index (χ4n) is 4.74. The van der Waals surface area contributed by atoms with Gasteiger partial charge in [-0.1, -0.05) is 63.3 Å². The smallest absolute Gasteiger partial charge is 0.337 e. The topological polar surface area (TPSA) is 72.4 Å². The minimum Gasteiger partial charge on any atom is -0.465 e. The number of hydrogen-bond acceptors (Lipinski definition) is 6. The number of Topliss-reactive ketones (excluding diaryl/α,β-unsaturated/α-hetero) is 1. The first-order valence-corrected chi connectivity index (χ1v) is 12.9. The van der Waals surface area contributed by atoms with Gasteiger partial charge in [-0.05, 0) is 49.4 Å². The van der Waals surface area contributed by atoms with Crippen LogP contribution in [0.4, 0.5) is 5.82 Å². The van der Waals surface area contributed by atoms with Crippen LogP contribution in [0.1, 0.15) is 78.4 Å². The van der Waals surface area contributed by atoms with E-state index < -0.39 is 0 Å². The number of aryl methyl sites for hydroxylation is 1. The van der Waals surface area contributed by atoms with Crippen molar-refractivity contribution in [2.24, 2.45) is 11.8 Å². The van der Waals surface area contributed by atoms with Crippen LogP contribution in [0.3, 0.4) is 0 Å². The summed E-state index contributed by atoms with van der Waals surface area (Å²) in [6, 6.07) is 14.8. The highest BCUT2D eigenvalue weighted by Crippen LogP contribution is 2.31. The molecule has 1 saturated carbocycles. The summed E-state index contributed by atoms with van der Waals surface area (Å²) in [6.07, 6.45) is 8.06. The van der Waals surface area contributed by atoms with Gasteiger partial charge < -0.3 is 9.64 Å². The van der Waals surface area contributed by atoms with E-state index in [1.54, 1.807) is 24.3 Å². The number of anilines is 1. The minimum absolute atomic E-state index is 0.167. The molecule has 3 aromatic rings. The number of carbonyl (C=O) groups is 2. The SMILES string of the molecule is COC(=O)c1ccc(C(=O)CCCC2CCC(C)CC2)cc1.Cc1nc(N(C)C)c2ccccc2n1. The summed E-state index contributed by atoms with van der Waals surface area (Å²) < 4.78 is 4.65. The number of methoxy groups -OCH3 is 1. The quantitative estimate of drug-likeness (QED) is 0.273. The van der Waals surface area contributed by atoms with Gasteiger partial charge in [-0.3, -0.25) is 4.79 Å². The average Bonchev–Trinajstić information content (AvgIpc) is 2.89. The number of benzene rings is 2. The Hall–Kier alpha value is -3.28. The van der Waals surface area contributed by atoms with E-state index >= 15 is 0 Å². The van der Waals surface area contributed by atoms with Gasteiger partial charge in [0.25, 0.3) is 0 Å². The number of ether oxygens (including phenoxy) is 1. The van der Waals surface area contributed by atoms with Gasteiger partial charge in [-0.15, -0.1) is 0 Å². The number of para-hydroxylation sites is 1. The fourth-order valence-corrected chi connectivity index (χ4v) is 4.74. The molecule has 0 N–H and O–H groups in total. The fraction of sp³-hybridized carbons (Fsp3) is 0.467. The first-order chi connectivity index (χ1) is 17.3. The molecule has 1 aromatic heterocycles. The van der Waals surface area contributed by atoms with Crippen molar-refractivity contribution in [3.63, 3.8) is 0 Å². The number of carbonyl (C=O) groups excluding carboxylic acids is 2. The third kappa shape index (κ3) is 7.61. The molecule has 1 aliphatic rings. The highest BCUT2D eigenvalue weighted by atomic mass is 16.5. The molecule has 36 heavy (non-hydrogen) atoms. The Labute approximate surface area is 215 Å². The van der Waals surface area contributed by atoms with Crippen molar-refractivity contribution in [1.82, 2.24) is 9.97 Å². The molecule has 0 atom stereocenters. The Kier molecular flexibility index (Phi) is 9.97. The van der Waals surface area contributed by atoms with Crippen LogP contribution in [0.25, 0.3) is 10.9 Å². The van der Waals surface area contributed by atoms with Gasteiger partial charge in [0.1, 0.15) is 11.6 Å². The summed E-state index contributed by atoms with van der Waals surface area (Å²) in [5, 5.41) is 1.10. The highest BCUT2D eigenvalue weighted by molar-refractivity contribution is 5.97. The summed E-state index contributed by atoms with van der Waals surface area (Å²) in [6.45, 7) is 4.25. The van der Waals surface area contributed by atoms with Gasteiger partial charge in [0.05, 0.1) is 18.2 Å². The minimum atomic E-state index is -0.370. The molecule has 192 valence electrons. The monoisotopic (exact) mass is 489 g/mol. The Bertz CT molecular complexity index is 1150. The molecule has 0 amide bonds. The normalized spacial score (nSPS) is 17.1. The van der Waals surface area contributed by atoms with Crippen molar-refractivity contribution in [3.05, 3.63) is 65.5 Å². The van der Waals surface area contributed by atoms with Crippen LogP contribution in [0.2, 0.25) is 0 Å². The summed E-state index contributed by atoms with van der Waals surface area (Å²) in [7, 11) is 5.34. The van der Waals surface area contributed by atoms with Crippen molar-refractivity contribution in [2.45, 2.75) is 58.8 Å². The zero-order valence-electron chi connectivity index (χ0n) is 22.3. The van der Waals surface area contributed by atoms with E-state index in [1.807, 2.05) is 50.2 Å². The summed E-state index contributed by atoms with van der Waals surface area (Å²) in [5.74, 6) is 3.28. The summed E-state index contributed by atoms with van der Waals surface area (Å²) >= 11 is 0. The van der Waals surface area contributed by atoms with Gasteiger partial charge >= 0.3 is 5.97 Å². The van der Waals surface area contributed by atoms with Crippen molar-refractivity contribution < 1.29 is 14.3 Å². The van der Waals surface area contributed by atoms with E-state index in [0.29, 0.717) is 17.5 Å². The van der Waals surface area contributed by atoms with E-state index in [2.05, 4.69) is 21.6 Å². The number of nitrogens with zero attached hydrogens (tertiary/aromatic N) is 3. The molecule has 1 fully saturated rings. The summed E-state index contributed by atoms with van der Waals surface area (Å²) in [5.41, 5.74) is 2.17. The first kappa shape index (κ1) is 27.3. The van der Waals surface area contributed by atoms with Crippen LogP contribution in [-0.4, -0.2) is 42.9 Å². The second-order valence-corrected chi connectivity index (χ2v) is 10.0. The van der Waals surface area contributed by atoms with E-state index in [0.717, 1.165) is 40.8 Å². The first-order valence-electron chi connectivity index (χ1n) is 12.9. The van der Waals surface area contributed by atoms with E-state index in [-0.39, 0.29) is 11.8 Å². The lowest BCUT2D eigenvalue weighted by Gasteiger charge is -2.25. The Morgan fingerprint density at radius 3 is 2.22 bits per heavy atom. The molecule has 1 heterocycles. The lowest BCUT2D eigenvalue weighted by molar-refractivity contribution is 0.0600. The molecule has 0 saturated heterocycles. The van der Waals surface area contributed by atoms with Crippen LogP contribution in [-0.2, 0) is 4.74 Å². The van der Waals surface area contributed by atoms with Crippen LogP contribution in [0, 0.1) is 18.8 Å². The van der Waals surface area contributed by atoms with Crippen molar-refractivity contribution >= 4 is 28.5 Å². The standard InChI is InChI=1S/C19H26O3.C11H13N3/c1-14-6-8-15(9-7-14)4-3-5-18(20)16-10-12-17(13-11-16)19(21)22-2;1-8-12-10-7-5-4-6-9(10)11(13-8)14(2)3/h10-15H,3-9H2,1-2H3;4-7H,1-3H3. The molecular formula is C30H39N3O3. The predicted octanol–water partition coefficient (Wildman–Crippen LogP) is 6.66. The van der Waals surface area contributed by atoms with E-state index in [9.17, 15) is 9.59 Å². The Morgan fingerprint density at radius 2 is 1.58 bits per heavy atom. The van der Waals surface area contributed by atoms with Gasteiger partial charge in [0, 0.05) is 31.5 Å². The maximum atomic E-state index is 12.2. The maximum absolute atomic E-state index is 12.2. The summed E-state index contributed by atoms with van der Waals surface area (Å²) in [4.78, 5) is 34.3. The Morgan fingerprint density at radius 1 is 0.944 bits per heavy atom. The maximum Gasteiger partial charge on any atom is 0.337 e. The number of ketones is 1. The largest absolute Gasteiger partial charge is 0.465 e. The molecule has 0 unspecified atom stereocenters. The van der Waals surface area contributed by atoms with Crippen molar-refractivity contribution in [1.29, 1.82) is 0 Å². The number of rotatable bonds is 7. The van der Waals surface area contributed by atoms with Crippen molar-refractivity contribution in [3.8, 4) is 0 Å². The number of aromatic nitrogens is 2. The number of hydrogen-bond donors (Lipinski definition) is 0. The molecule has 0 bridgehead atoms. The van der Waals surface area contributed by atoms with Crippen LogP contribution in [0.15, 0.2) is 48.5 Å². The molecule has 0 radical (unpaired) electrons. The van der Waals surface area contributed by atoms with Crippen molar-refractivity contribution in [2.75, 3.05) is 26.1 Å². The van der Waals surface area contributed by atoms with Gasteiger partial charge in [-0.2, -0.15) is 0 Å². The third-order valence-corrected chi connectivity index (χ3v) is 6.90. The predicted molar refractivity (Wildman–Crippen MR) is 146 cm³/mol. The molecule has 1 aliphatic carbocycles. The molecule has 4 rings (SSSR count). The van der Waals surface area contributed by atoms with E-state index in [4.69, 9.17) is 0 Å². The lowest BCUT2D eigenvalue weighted by Crippen LogP contribution is -2.12. The molecule has 2 aromatic carbocycles. The highest BCUT2D eigenvalue weighted by Gasteiger charge is 2.18. The molecular weight excluding hydrogens is 450 g/mol. The second kappa shape index (κ2) is 13.1. The molecule has 0 spiro atoms. The zero-order chi connectivity index (χ0) is 26.1. The number of esters is 1. The van der Waals surface area contributed by atoms with Crippen LogP contribution >= 0.6 is 0 Å². The van der Waals surface area contributed by atoms with Gasteiger partial charge in [0.15, 0.2) is 5.78 Å². The molecule has 6 nitrogen and oxygen atoms in total. The molecule has 6 heteroatoms. The Balaban J connectivity index is 0.000000221. The number of fused-ring (bicyclic) bond motifs is 1. The zero-order valence-corrected chi connectivity index (χ0v) is 22.3. The van der Waals surface area contributed by atoms with E-state index in [1.165, 1.54) is 39.2 Å². The third-order valence-electron chi connectivity index (χ3n) is 6.90. The van der Waals surface area contributed by atoms with Crippen LogP contribution in [0.5, 0.6) is 0 Å². The second-order valence-electron chi connectivity index (χ2n) is 10.0. The average molecular weight is 490 g/mol. The lowest BCUT2D eigenvalue weighted by atomic mass is 9.80.